The molecule has 0 saturated carbocycles. The summed E-state index contributed by atoms with van der Waals surface area (Å²) in [7, 11) is 0.833. The molecule has 0 amide bonds. The molecule has 0 aromatic heterocycles. The fourth-order valence-electron chi connectivity index (χ4n) is 2.90. The van der Waals surface area contributed by atoms with E-state index in [-0.39, 0.29) is 6.61 Å². The second-order valence-corrected chi connectivity index (χ2v) is 8.30. The van der Waals surface area contributed by atoms with Crippen LogP contribution in [0, 0.1) is 0 Å². The first-order valence-corrected chi connectivity index (χ1v) is 11.1. The van der Waals surface area contributed by atoms with Crippen LogP contribution in [0.3, 0.4) is 0 Å². The molecule has 2 rings (SSSR count). The molecule has 0 spiro atoms. The normalized spacial score (nSPS) is 12.7. The minimum atomic E-state index is -4.57. The van der Waals surface area contributed by atoms with Gasteiger partial charge in [-0.1, -0.05) is 30.3 Å². The van der Waals surface area contributed by atoms with Crippen molar-refractivity contribution in [2.75, 3.05) is 41.1 Å². The third-order valence-corrected chi connectivity index (χ3v) is 4.75. The molecule has 1 atom stereocenters. The molecule has 0 radical (unpaired) electrons. The number of ether oxygens (including phenoxy) is 3. The Hall–Kier alpha value is -1.93. The van der Waals surface area contributed by atoms with Gasteiger partial charge >= 0.3 is 7.82 Å². The Balaban J connectivity index is 1.96. The van der Waals surface area contributed by atoms with Gasteiger partial charge in [0, 0.05) is 6.54 Å². The van der Waals surface area contributed by atoms with Crippen LogP contribution in [0.5, 0.6) is 11.5 Å². The van der Waals surface area contributed by atoms with Crippen molar-refractivity contribution in [3.63, 3.8) is 0 Å². The van der Waals surface area contributed by atoms with Gasteiger partial charge in [-0.05, 0) is 56.3 Å². The number of hydrogen-bond acceptors (Lipinski definition) is 6. The predicted octanol–water partition coefficient (Wildman–Crippen LogP) is 2.87. The van der Waals surface area contributed by atoms with Gasteiger partial charge in [0.15, 0.2) is 6.79 Å². The van der Waals surface area contributed by atoms with E-state index in [9.17, 15) is 4.57 Å². The maximum atomic E-state index is 10.8. The second kappa shape index (κ2) is 12.1. The quantitative estimate of drug-likeness (QED) is 0.363. The average molecular weight is 439 g/mol. The number of aryl methyl sites for hydroxylation is 2. The number of likely N-dealkylation sites (N-methyl/N-ethyl adjacent to an activating group) is 1. The lowest BCUT2D eigenvalue weighted by molar-refractivity contribution is -0.0687. The molecule has 2 aromatic rings. The minimum Gasteiger partial charge on any atom is -0.497 e. The highest BCUT2D eigenvalue weighted by atomic mass is 31.2. The highest BCUT2D eigenvalue weighted by Gasteiger charge is 2.18. The zero-order valence-electron chi connectivity index (χ0n) is 17.6. The first kappa shape index (κ1) is 24.3. The molecule has 0 saturated heterocycles. The van der Waals surface area contributed by atoms with Gasteiger partial charge in [-0.2, -0.15) is 0 Å². The Labute approximate surface area is 177 Å². The Bertz CT molecular complexity index is 825. The van der Waals surface area contributed by atoms with Gasteiger partial charge < -0.3 is 28.9 Å². The summed E-state index contributed by atoms with van der Waals surface area (Å²) >= 11 is 0. The lowest BCUT2D eigenvalue weighted by Crippen LogP contribution is -2.34. The van der Waals surface area contributed by atoms with E-state index in [0.29, 0.717) is 6.54 Å². The molecule has 9 heteroatoms. The van der Waals surface area contributed by atoms with Gasteiger partial charge in [-0.15, -0.1) is 0 Å². The number of phosphoric ester groups is 1. The number of nitrogens with zero attached hydrogens (tertiary/aromatic N) is 1. The molecule has 2 aromatic carbocycles. The van der Waals surface area contributed by atoms with Gasteiger partial charge in [0.25, 0.3) is 0 Å². The Morgan fingerprint density at radius 2 is 1.83 bits per heavy atom. The Morgan fingerprint density at radius 3 is 2.53 bits per heavy atom. The van der Waals surface area contributed by atoms with Gasteiger partial charge in [-0.25, -0.2) is 4.57 Å². The van der Waals surface area contributed by atoms with E-state index in [0.717, 1.165) is 29.9 Å². The summed E-state index contributed by atoms with van der Waals surface area (Å²) < 4.78 is 31.9. The van der Waals surface area contributed by atoms with Crippen LogP contribution in [0.2, 0.25) is 0 Å². The number of para-hydroxylation sites is 1. The summed E-state index contributed by atoms with van der Waals surface area (Å²) in [4.78, 5) is 19.5. The lowest BCUT2D eigenvalue weighted by atomic mass is 10.0. The van der Waals surface area contributed by atoms with Crippen molar-refractivity contribution < 1.29 is 33.1 Å². The van der Waals surface area contributed by atoms with E-state index in [2.05, 4.69) is 10.6 Å². The first-order valence-electron chi connectivity index (χ1n) is 9.57. The molecule has 0 aliphatic rings. The number of rotatable bonds is 13. The molecule has 30 heavy (non-hydrogen) atoms. The predicted molar refractivity (Wildman–Crippen MR) is 114 cm³/mol. The molecule has 0 fully saturated rings. The molecule has 2 N–H and O–H groups in total. The maximum absolute atomic E-state index is 10.8. The van der Waals surface area contributed by atoms with Gasteiger partial charge in [0.05, 0.1) is 7.11 Å². The summed E-state index contributed by atoms with van der Waals surface area (Å²) in [5.41, 5.74) is 2.24. The molecule has 0 aliphatic carbocycles. The summed E-state index contributed by atoms with van der Waals surface area (Å²) in [5.74, 6) is 1.59. The summed E-state index contributed by atoms with van der Waals surface area (Å²) in [6.07, 6.45) is 1.22. The van der Waals surface area contributed by atoms with E-state index in [1.807, 2.05) is 61.5 Å². The highest BCUT2D eigenvalue weighted by molar-refractivity contribution is 7.46. The van der Waals surface area contributed by atoms with Crippen molar-refractivity contribution in [1.82, 2.24) is 4.90 Å². The van der Waals surface area contributed by atoms with Crippen LogP contribution in [0.1, 0.15) is 11.1 Å². The van der Waals surface area contributed by atoms with Crippen LogP contribution in [0.25, 0.3) is 0 Å². The van der Waals surface area contributed by atoms with E-state index >= 15 is 0 Å². The lowest BCUT2D eigenvalue weighted by Gasteiger charge is -2.22. The van der Waals surface area contributed by atoms with Gasteiger partial charge in [0.2, 0.25) is 0 Å². The van der Waals surface area contributed by atoms with E-state index in [4.69, 9.17) is 24.0 Å². The molecular formula is C21H30NO7P. The van der Waals surface area contributed by atoms with E-state index in [1.165, 1.54) is 5.56 Å². The Kier molecular flexibility index (Phi) is 9.78. The van der Waals surface area contributed by atoms with Crippen LogP contribution >= 0.6 is 7.82 Å². The monoisotopic (exact) mass is 439 g/mol. The van der Waals surface area contributed by atoms with Crippen molar-refractivity contribution in [1.29, 1.82) is 0 Å². The summed E-state index contributed by atoms with van der Waals surface area (Å²) in [5, 5.41) is 0. The molecule has 0 bridgehead atoms. The van der Waals surface area contributed by atoms with Crippen molar-refractivity contribution in [3.05, 3.63) is 59.7 Å². The smallest absolute Gasteiger partial charge is 0.471 e. The third kappa shape index (κ3) is 9.26. The van der Waals surface area contributed by atoms with Gasteiger partial charge in [-0.3, -0.25) is 4.52 Å². The van der Waals surface area contributed by atoms with Crippen LogP contribution in [-0.4, -0.2) is 61.9 Å². The van der Waals surface area contributed by atoms with Crippen molar-refractivity contribution >= 4 is 7.82 Å². The zero-order valence-corrected chi connectivity index (χ0v) is 18.5. The van der Waals surface area contributed by atoms with Crippen LogP contribution < -0.4 is 9.47 Å². The van der Waals surface area contributed by atoms with Crippen molar-refractivity contribution in [2.45, 2.75) is 18.9 Å². The molecular weight excluding hydrogens is 409 g/mol. The number of hydrogen-bond donors (Lipinski definition) is 2. The third-order valence-electron chi connectivity index (χ3n) is 4.31. The number of methoxy groups -OCH3 is 1. The molecule has 8 nitrogen and oxygen atoms in total. The second-order valence-electron chi connectivity index (χ2n) is 7.06. The van der Waals surface area contributed by atoms with Crippen molar-refractivity contribution in [3.8, 4) is 11.5 Å². The van der Waals surface area contributed by atoms with Crippen LogP contribution in [0.4, 0.5) is 0 Å². The SMILES string of the molecule is COc1cccc(CCc2ccccc2OC[C@H](CN(C)C)OCOP(=O)(O)O)c1. The van der Waals surface area contributed by atoms with E-state index in [1.54, 1.807) is 7.11 Å². The standard InChI is InChI=1S/C21H30NO7P/c1-22(2)14-20(28-16-29-30(23,24)25)15-27-21-10-5-4-8-18(21)12-11-17-7-6-9-19(13-17)26-3/h4-10,13,20H,11-12,14-16H2,1-3H3,(H2,23,24,25)/t20-/m0/s1. The number of benzene rings is 2. The molecule has 0 aliphatic heterocycles. The topological polar surface area (TPSA) is 97.7 Å². The molecule has 0 heterocycles. The average Bonchev–Trinajstić information content (AvgIpc) is 2.69. The van der Waals surface area contributed by atoms with Crippen molar-refractivity contribution in [2.24, 2.45) is 0 Å². The first-order chi connectivity index (χ1) is 14.3. The minimum absolute atomic E-state index is 0.221. The van der Waals surface area contributed by atoms with Gasteiger partial charge in [0.1, 0.15) is 24.2 Å². The highest BCUT2D eigenvalue weighted by Crippen LogP contribution is 2.35. The zero-order chi connectivity index (χ0) is 22.0. The Morgan fingerprint density at radius 1 is 1.07 bits per heavy atom. The number of phosphoric acid groups is 1. The summed E-state index contributed by atoms with van der Waals surface area (Å²) in [6.45, 7) is 0.221. The fourth-order valence-corrected chi connectivity index (χ4v) is 3.10. The fraction of sp³-hybridized carbons (Fsp3) is 0.429. The maximum Gasteiger partial charge on any atom is 0.471 e. The van der Waals surface area contributed by atoms with E-state index < -0.39 is 20.7 Å². The summed E-state index contributed by atoms with van der Waals surface area (Å²) in [6, 6.07) is 15.8. The molecule has 0 unspecified atom stereocenters. The van der Waals surface area contributed by atoms with Crippen LogP contribution in [-0.2, 0) is 26.7 Å². The molecule has 166 valence electrons. The largest absolute Gasteiger partial charge is 0.497 e. The van der Waals surface area contributed by atoms with Crippen LogP contribution in [0.15, 0.2) is 48.5 Å².